The molecule has 102 valence electrons. The molecule has 0 aliphatic rings. The Labute approximate surface area is 112 Å². The van der Waals surface area contributed by atoms with Crippen molar-refractivity contribution in [3.05, 3.63) is 47.7 Å². The van der Waals surface area contributed by atoms with Crippen molar-refractivity contribution >= 4 is 10.0 Å². The maximum atomic E-state index is 12.0. The number of benzene rings is 1. The molecule has 2 rings (SSSR count). The van der Waals surface area contributed by atoms with Gasteiger partial charge in [-0.2, -0.15) is 0 Å². The maximum absolute atomic E-state index is 12.0. The fourth-order valence-corrected chi connectivity index (χ4v) is 2.60. The summed E-state index contributed by atoms with van der Waals surface area (Å²) in [4.78, 5) is 4.19. The fourth-order valence-electron chi connectivity index (χ4n) is 1.63. The van der Waals surface area contributed by atoms with Gasteiger partial charge >= 0.3 is 0 Å². The van der Waals surface area contributed by atoms with E-state index in [1.807, 2.05) is 19.1 Å². The summed E-state index contributed by atoms with van der Waals surface area (Å²) in [6, 6.07) is 6.82. The van der Waals surface area contributed by atoms with Gasteiger partial charge in [-0.3, -0.25) is 0 Å². The number of oxazole rings is 1. The molecule has 1 heterocycles. The SMILES string of the molecule is CCc1ccc(S(=O)(=O)NCc2ncc(C)o2)cc1. The summed E-state index contributed by atoms with van der Waals surface area (Å²) in [6.07, 6.45) is 2.43. The molecule has 0 radical (unpaired) electrons. The molecule has 1 aromatic carbocycles. The van der Waals surface area contributed by atoms with Crippen molar-refractivity contribution in [2.45, 2.75) is 31.7 Å². The molecule has 0 atom stereocenters. The average molecular weight is 280 g/mol. The fraction of sp³-hybridized carbons (Fsp3) is 0.308. The van der Waals surface area contributed by atoms with E-state index in [1.54, 1.807) is 25.3 Å². The number of nitrogens with one attached hydrogen (secondary N) is 1. The van der Waals surface area contributed by atoms with E-state index in [4.69, 9.17) is 4.42 Å². The molecule has 5 nitrogen and oxygen atoms in total. The highest BCUT2D eigenvalue weighted by atomic mass is 32.2. The monoisotopic (exact) mass is 280 g/mol. The molecule has 0 saturated heterocycles. The molecule has 2 aromatic rings. The lowest BCUT2D eigenvalue weighted by Crippen LogP contribution is -2.23. The first-order valence-electron chi connectivity index (χ1n) is 6.01. The number of sulfonamides is 1. The van der Waals surface area contributed by atoms with Gasteiger partial charge in [0.1, 0.15) is 5.76 Å². The van der Waals surface area contributed by atoms with E-state index >= 15 is 0 Å². The standard InChI is InChI=1S/C13H16N2O3S/c1-3-11-4-6-12(7-5-11)19(16,17)15-9-13-14-8-10(2)18-13/h4-8,15H,3,9H2,1-2H3. The van der Waals surface area contributed by atoms with Gasteiger partial charge in [0.15, 0.2) is 0 Å². The second kappa shape index (κ2) is 5.54. The molecule has 0 saturated carbocycles. The Kier molecular flexibility index (Phi) is 4.01. The highest BCUT2D eigenvalue weighted by Crippen LogP contribution is 2.11. The Balaban J connectivity index is 2.09. The van der Waals surface area contributed by atoms with Crippen molar-refractivity contribution in [2.75, 3.05) is 0 Å². The Morgan fingerprint density at radius 1 is 1.26 bits per heavy atom. The summed E-state index contributed by atoms with van der Waals surface area (Å²) < 4.78 is 31.7. The number of rotatable bonds is 5. The van der Waals surface area contributed by atoms with Crippen molar-refractivity contribution in [2.24, 2.45) is 0 Å². The molecular formula is C13H16N2O3S. The minimum absolute atomic E-state index is 0.0473. The molecule has 0 fully saturated rings. The second-order valence-electron chi connectivity index (χ2n) is 4.19. The van der Waals surface area contributed by atoms with Crippen LogP contribution in [0.2, 0.25) is 0 Å². The van der Waals surface area contributed by atoms with Crippen molar-refractivity contribution in [3.63, 3.8) is 0 Å². The quantitative estimate of drug-likeness (QED) is 0.909. The van der Waals surface area contributed by atoms with Crippen LogP contribution in [0.25, 0.3) is 0 Å². The van der Waals surface area contributed by atoms with Gasteiger partial charge in [-0.15, -0.1) is 0 Å². The number of hydrogen-bond donors (Lipinski definition) is 1. The van der Waals surface area contributed by atoms with Gasteiger partial charge in [0.2, 0.25) is 15.9 Å². The number of nitrogens with zero attached hydrogens (tertiary/aromatic N) is 1. The minimum atomic E-state index is -3.52. The van der Waals surface area contributed by atoms with Gasteiger partial charge in [-0.25, -0.2) is 18.1 Å². The third-order valence-electron chi connectivity index (χ3n) is 2.72. The zero-order valence-electron chi connectivity index (χ0n) is 10.9. The molecule has 0 amide bonds. The molecule has 1 aromatic heterocycles. The summed E-state index contributed by atoms with van der Waals surface area (Å²) in [5.41, 5.74) is 1.10. The first-order chi connectivity index (χ1) is 9.01. The molecule has 0 unspecified atom stereocenters. The third-order valence-corrected chi connectivity index (χ3v) is 4.14. The van der Waals surface area contributed by atoms with Crippen LogP contribution in [0.5, 0.6) is 0 Å². The van der Waals surface area contributed by atoms with Crippen molar-refractivity contribution in [3.8, 4) is 0 Å². The zero-order valence-corrected chi connectivity index (χ0v) is 11.7. The van der Waals surface area contributed by atoms with Crippen LogP contribution in [-0.4, -0.2) is 13.4 Å². The topological polar surface area (TPSA) is 72.2 Å². The Bertz CT molecular complexity index is 645. The van der Waals surface area contributed by atoms with E-state index in [-0.39, 0.29) is 11.4 Å². The van der Waals surface area contributed by atoms with Gasteiger partial charge in [0.05, 0.1) is 17.6 Å². The first-order valence-corrected chi connectivity index (χ1v) is 7.49. The molecule has 0 spiro atoms. The maximum Gasteiger partial charge on any atom is 0.241 e. The van der Waals surface area contributed by atoms with Crippen molar-refractivity contribution in [1.82, 2.24) is 9.71 Å². The van der Waals surface area contributed by atoms with Crippen LogP contribution >= 0.6 is 0 Å². The number of hydrogen-bond acceptors (Lipinski definition) is 4. The number of aromatic nitrogens is 1. The predicted molar refractivity (Wildman–Crippen MR) is 71.1 cm³/mol. The minimum Gasteiger partial charge on any atom is -0.445 e. The van der Waals surface area contributed by atoms with E-state index in [0.29, 0.717) is 11.7 Å². The van der Waals surface area contributed by atoms with Gasteiger partial charge in [-0.05, 0) is 31.0 Å². The number of aryl methyl sites for hydroxylation is 2. The van der Waals surface area contributed by atoms with Crippen LogP contribution in [-0.2, 0) is 23.0 Å². The first kappa shape index (κ1) is 13.8. The van der Waals surface area contributed by atoms with E-state index in [1.165, 1.54) is 0 Å². The lowest BCUT2D eigenvalue weighted by Gasteiger charge is -2.05. The Morgan fingerprint density at radius 2 is 1.95 bits per heavy atom. The third kappa shape index (κ3) is 3.42. The lowest BCUT2D eigenvalue weighted by molar-refractivity contribution is 0.463. The molecule has 6 heteroatoms. The second-order valence-corrected chi connectivity index (χ2v) is 5.95. The predicted octanol–water partition coefficient (Wildman–Crippen LogP) is 2.02. The van der Waals surface area contributed by atoms with E-state index in [2.05, 4.69) is 9.71 Å². The van der Waals surface area contributed by atoms with Gasteiger partial charge in [0.25, 0.3) is 0 Å². The highest BCUT2D eigenvalue weighted by molar-refractivity contribution is 7.89. The van der Waals surface area contributed by atoms with Gasteiger partial charge < -0.3 is 4.42 Å². The largest absolute Gasteiger partial charge is 0.445 e. The van der Waals surface area contributed by atoms with Crippen LogP contribution in [0.15, 0.2) is 39.8 Å². The average Bonchev–Trinajstić information content (AvgIpc) is 2.82. The summed E-state index contributed by atoms with van der Waals surface area (Å²) >= 11 is 0. The van der Waals surface area contributed by atoms with Gasteiger partial charge in [0, 0.05) is 0 Å². The van der Waals surface area contributed by atoms with Crippen LogP contribution in [0.1, 0.15) is 24.1 Å². The normalized spacial score (nSPS) is 11.7. The zero-order chi connectivity index (χ0) is 13.9. The summed E-state index contributed by atoms with van der Waals surface area (Å²) in [5, 5.41) is 0. The van der Waals surface area contributed by atoms with Crippen LogP contribution in [0.4, 0.5) is 0 Å². The van der Waals surface area contributed by atoms with Crippen LogP contribution < -0.4 is 4.72 Å². The highest BCUT2D eigenvalue weighted by Gasteiger charge is 2.14. The summed E-state index contributed by atoms with van der Waals surface area (Å²) in [6.45, 7) is 3.83. The van der Waals surface area contributed by atoms with E-state index < -0.39 is 10.0 Å². The summed E-state index contributed by atoms with van der Waals surface area (Å²) in [7, 11) is -3.52. The smallest absolute Gasteiger partial charge is 0.241 e. The Morgan fingerprint density at radius 3 is 2.47 bits per heavy atom. The van der Waals surface area contributed by atoms with E-state index in [0.717, 1.165) is 12.0 Å². The molecular weight excluding hydrogens is 264 g/mol. The molecule has 1 N–H and O–H groups in total. The summed E-state index contributed by atoms with van der Waals surface area (Å²) in [5.74, 6) is 1.01. The van der Waals surface area contributed by atoms with Gasteiger partial charge in [-0.1, -0.05) is 19.1 Å². The molecule has 0 aliphatic heterocycles. The van der Waals surface area contributed by atoms with E-state index in [9.17, 15) is 8.42 Å². The van der Waals surface area contributed by atoms with Crippen molar-refractivity contribution in [1.29, 1.82) is 0 Å². The molecule has 19 heavy (non-hydrogen) atoms. The Hall–Kier alpha value is -1.66. The van der Waals surface area contributed by atoms with Crippen LogP contribution in [0, 0.1) is 6.92 Å². The molecule has 0 aliphatic carbocycles. The van der Waals surface area contributed by atoms with Crippen LogP contribution in [0.3, 0.4) is 0 Å². The lowest BCUT2D eigenvalue weighted by atomic mass is 10.2. The van der Waals surface area contributed by atoms with Crippen molar-refractivity contribution < 1.29 is 12.8 Å². The molecule has 0 bridgehead atoms.